The van der Waals surface area contributed by atoms with Crippen molar-refractivity contribution in [2.24, 2.45) is 0 Å². The number of hydrogen-bond donors (Lipinski definition) is 0. The first-order valence-electron chi connectivity index (χ1n) is 13.1. The van der Waals surface area contributed by atoms with Crippen molar-refractivity contribution in [1.29, 1.82) is 0 Å². The molecular weight excluding hydrogens is 508 g/mol. The minimum absolute atomic E-state index is 0.115. The van der Waals surface area contributed by atoms with E-state index < -0.39 is 10.1 Å². The maximum Gasteiger partial charge on any atom is 0.306 e. The van der Waals surface area contributed by atoms with E-state index in [2.05, 4.69) is 49.4 Å². The summed E-state index contributed by atoms with van der Waals surface area (Å²) in [6.45, 7) is 7.38. The maximum absolute atomic E-state index is 11.3. The van der Waals surface area contributed by atoms with Gasteiger partial charge in [-0.3, -0.25) is 0 Å². The molecule has 0 fully saturated rings. The van der Waals surface area contributed by atoms with E-state index in [0.717, 1.165) is 23.1 Å². The second-order valence-electron chi connectivity index (χ2n) is 9.12. The maximum atomic E-state index is 11.3. The number of rotatable bonds is 6. The standard InChI is InChI=1S/C22H20O4S.C9H12O.C2H6/c1-27(23,24)26-18-13-11-17(12-14-18)22-19-9-5-6-10-21(19)25-15-20(22)16-7-3-2-4-8-16;1-8-3-5-9(6-4-8)7-10-2;1-2/h2-14,20,22H,15H2,1H3;3-6H,7H2,1-2H3;1-2H3. The summed E-state index contributed by atoms with van der Waals surface area (Å²) in [4.78, 5) is 0. The first kappa shape index (κ1) is 29.9. The van der Waals surface area contributed by atoms with Crippen molar-refractivity contribution >= 4 is 10.1 Å². The lowest BCUT2D eigenvalue weighted by Gasteiger charge is -2.34. The van der Waals surface area contributed by atoms with E-state index >= 15 is 0 Å². The van der Waals surface area contributed by atoms with Crippen LogP contribution in [0.25, 0.3) is 0 Å². The molecule has 1 heterocycles. The van der Waals surface area contributed by atoms with Crippen LogP contribution in [0.5, 0.6) is 11.5 Å². The molecule has 0 spiro atoms. The van der Waals surface area contributed by atoms with Gasteiger partial charge in [-0.05, 0) is 41.8 Å². The number of para-hydroxylation sites is 1. The Bertz CT molecular complexity index is 1380. The number of methoxy groups -OCH3 is 1. The van der Waals surface area contributed by atoms with Crippen LogP contribution in [-0.4, -0.2) is 28.4 Å². The number of hydrogen-bond acceptors (Lipinski definition) is 5. The predicted octanol–water partition coefficient (Wildman–Crippen LogP) is 7.50. The smallest absolute Gasteiger partial charge is 0.306 e. The third-order valence-corrected chi connectivity index (χ3v) is 6.72. The predicted molar refractivity (Wildman–Crippen MR) is 158 cm³/mol. The zero-order valence-electron chi connectivity index (χ0n) is 23.3. The molecule has 1 aliphatic rings. The van der Waals surface area contributed by atoms with Crippen LogP contribution in [0.3, 0.4) is 0 Å². The first-order chi connectivity index (χ1) is 18.8. The van der Waals surface area contributed by atoms with Gasteiger partial charge in [0.25, 0.3) is 0 Å². The van der Waals surface area contributed by atoms with Gasteiger partial charge in [-0.15, -0.1) is 0 Å². The van der Waals surface area contributed by atoms with Gasteiger partial charge >= 0.3 is 10.1 Å². The fraction of sp³-hybridized carbons (Fsp3) is 0.273. The Morgan fingerprint density at radius 1 is 0.795 bits per heavy atom. The summed E-state index contributed by atoms with van der Waals surface area (Å²) in [6.07, 6.45) is 1.04. The lowest BCUT2D eigenvalue weighted by molar-refractivity contribution is 0.185. The van der Waals surface area contributed by atoms with E-state index in [9.17, 15) is 8.42 Å². The molecule has 0 bridgehead atoms. The zero-order chi connectivity index (χ0) is 28.3. The Balaban J connectivity index is 0.000000294. The highest BCUT2D eigenvalue weighted by atomic mass is 32.2. The van der Waals surface area contributed by atoms with Gasteiger partial charge in [0, 0.05) is 24.5 Å². The molecular formula is C33H38O5S. The van der Waals surface area contributed by atoms with Crippen LogP contribution in [-0.2, 0) is 21.5 Å². The molecule has 1 aliphatic heterocycles. The average molecular weight is 547 g/mol. The lowest BCUT2D eigenvalue weighted by atomic mass is 9.76. The molecule has 0 saturated carbocycles. The summed E-state index contributed by atoms with van der Waals surface area (Å²) in [5, 5.41) is 0. The van der Waals surface area contributed by atoms with Gasteiger partial charge in [-0.25, -0.2) is 0 Å². The van der Waals surface area contributed by atoms with Crippen LogP contribution >= 0.6 is 0 Å². The molecule has 39 heavy (non-hydrogen) atoms. The molecule has 0 radical (unpaired) electrons. The van der Waals surface area contributed by atoms with E-state index in [0.29, 0.717) is 19.0 Å². The summed E-state index contributed by atoms with van der Waals surface area (Å²) in [5.41, 5.74) is 5.97. The second kappa shape index (κ2) is 14.5. The van der Waals surface area contributed by atoms with Crippen molar-refractivity contribution < 1.29 is 22.1 Å². The van der Waals surface area contributed by atoms with Crippen LogP contribution in [0.2, 0.25) is 0 Å². The highest BCUT2D eigenvalue weighted by molar-refractivity contribution is 7.86. The van der Waals surface area contributed by atoms with E-state index in [1.807, 2.05) is 62.4 Å². The monoisotopic (exact) mass is 546 g/mol. The molecule has 0 aliphatic carbocycles. The SMILES string of the molecule is CC.COCc1ccc(C)cc1.CS(=O)(=O)Oc1ccc(C2c3ccccc3OCC2c2ccccc2)cc1. The van der Waals surface area contributed by atoms with Crippen molar-refractivity contribution in [3.05, 3.63) is 131 Å². The van der Waals surface area contributed by atoms with E-state index in [1.54, 1.807) is 19.2 Å². The fourth-order valence-electron chi connectivity index (χ4n) is 4.52. The minimum atomic E-state index is -3.54. The lowest BCUT2D eigenvalue weighted by Crippen LogP contribution is -2.25. The summed E-state index contributed by atoms with van der Waals surface area (Å²) < 4.78 is 38.7. The number of benzene rings is 4. The molecule has 0 N–H and O–H groups in total. The molecule has 4 aromatic rings. The largest absolute Gasteiger partial charge is 0.493 e. The van der Waals surface area contributed by atoms with Crippen LogP contribution in [0.15, 0.2) is 103 Å². The zero-order valence-corrected chi connectivity index (χ0v) is 24.1. The molecule has 206 valence electrons. The van der Waals surface area contributed by atoms with Gasteiger partial charge in [0.05, 0.1) is 19.5 Å². The van der Waals surface area contributed by atoms with Gasteiger partial charge < -0.3 is 13.7 Å². The summed E-state index contributed by atoms with van der Waals surface area (Å²) in [6, 6.07) is 34.0. The van der Waals surface area contributed by atoms with Crippen molar-refractivity contribution in [3.63, 3.8) is 0 Å². The third kappa shape index (κ3) is 8.70. The van der Waals surface area contributed by atoms with Gasteiger partial charge in [-0.2, -0.15) is 8.42 Å². The molecule has 2 atom stereocenters. The highest BCUT2D eigenvalue weighted by Crippen LogP contribution is 2.46. The van der Waals surface area contributed by atoms with Crippen molar-refractivity contribution in [3.8, 4) is 11.5 Å². The molecule has 0 saturated heterocycles. The van der Waals surface area contributed by atoms with E-state index in [-0.39, 0.29) is 11.8 Å². The van der Waals surface area contributed by atoms with Crippen molar-refractivity contribution in [1.82, 2.24) is 0 Å². The van der Waals surface area contributed by atoms with Gasteiger partial charge in [0.15, 0.2) is 0 Å². The number of fused-ring (bicyclic) bond motifs is 1. The Hall–Kier alpha value is -3.61. The van der Waals surface area contributed by atoms with Crippen LogP contribution in [0.4, 0.5) is 0 Å². The Morgan fingerprint density at radius 3 is 2.03 bits per heavy atom. The Labute approximate surface area is 233 Å². The summed E-state index contributed by atoms with van der Waals surface area (Å²) in [7, 11) is -1.83. The Kier molecular flexibility index (Phi) is 11.1. The fourth-order valence-corrected chi connectivity index (χ4v) is 4.98. The average Bonchev–Trinajstić information content (AvgIpc) is 2.95. The minimum Gasteiger partial charge on any atom is -0.493 e. The second-order valence-corrected chi connectivity index (χ2v) is 10.7. The quantitative estimate of drug-likeness (QED) is 0.234. The van der Waals surface area contributed by atoms with E-state index in [1.165, 1.54) is 16.7 Å². The molecule has 5 nitrogen and oxygen atoms in total. The van der Waals surface area contributed by atoms with Crippen LogP contribution in [0.1, 0.15) is 53.5 Å². The van der Waals surface area contributed by atoms with Crippen molar-refractivity contribution in [2.45, 2.75) is 39.2 Å². The van der Waals surface area contributed by atoms with Gasteiger partial charge in [0.1, 0.15) is 11.5 Å². The summed E-state index contributed by atoms with van der Waals surface area (Å²) >= 11 is 0. The van der Waals surface area contributed by atoms with Crippen LogP contribution in [0, 0.1) is 6.92 Å². The van der Waals surface area contributed by atoms with E-state index in [4.69, 9.17) is 13.7 Å². The first-order valence-corrected chi connectivity index (χ1v) is 15.0. The number of aryl methyl sites for hydroxylation is 1. The Morgan fingerprint density at radius 2 is 1.41 bits per heavy atom. The van der Waals surface area contributed by atoms with Crippen LogP contribution < -0.4 is 8.92 Å². The third-order valence-electron chi connectivity index (χ3n) is 6.22. The number of ether oxygens (including phenoxy) is 2. The molecule has 0 aromatic heterocycles. The summed E-state index contributed by atoms with van der Waals surface area (Å²) in [5.74, 6) is 1.50. The van der Waals surface area contributed by atoms with Gasteiger partial charge in [-0.1, -0.05) is 104 Å². The van der Waals surface area contributed by atoms with Gasteiger partial charge in [0.2, 0.25) is 0 Å². The molecule has 5 rings (SSSR count). The molecule has 4 aromatic carbocycles. The molecule has 6 heteroatoms. The highest BCUT2D eigenvalue weighted by Gasteiger charge is 2.33. The normalized spacial score (nSPS) is 15.8. The van der Waals surface area contributed by atoms with Crippen molar-refractivity contribution in [2.75, 3.05) is 20.0 Å². The molecule has 2 unspecified atom stereocenters. The molecule has 0 amide bonds. The topological polar surface area (TPSA) is 61.8 Å².